The van der Waals surface area contributed by atoms with Gasteiger partial charge in [-0.25, -0.2) is 5.84 Å². The van der Waals surface area contributed by atoms with Gasteiger partial charge in [0.15, 0.2) is 0 Å². The molecule has 12 heteroatoms. The number of rotatable bonds is 10. The number of carbonyl (C=O) groups excluding carboxylic acids is 1. The van der Waals surface area contributed by atoms with Gasteiger partial charge in [-0.3, -0.25) is 14.5 Å². The molecule has 3 aromatic rings. The van der Waals surface area contributed by atoms with Crippen molar-refractivity contribution in [3.63, 3.8) is 0 Å². The van der Waals surface area contributed by atoms with Crippen LogP contribution in [0.25, 0.3) is 5.70 Å². The van der Waals surface area contributed by atoms with Crippen molar-refractivity contribution in [3.05, 3.63) is 76.7 Å². The highest BCUT2D eigenvalue weighted by Gasteiger charge is 2.31. The fourth-order valence-electron chi connectivity index (χ4n) is 3.90. The van der Waals surface area contributed by atoms with E-state index in [0.717, 1.165) is 41.9 Å². The van der Waals surface area contributed by atoms with Crippen LogP contribution in [0.3, 0.4) is 0 Å². The number of aromatic nitrogens is 2. The largest absolute Gasteiger partial charge is 0.416 e. The SMILES string of the molecule is Cc1ccc(C(=O)Nc2cc(NCCCN(C)C)cc(C(F)(F)F)c2)cc1N(N)/C=C(\N)c1cnn(C)c1C. The Labute approximate surface area is 226 Å². The van der Waals surface area contributed by atoms with Gasteiger partial charge in [-0.05, 0) is 76.8 Å². The number of hydrogen-bond donors (Lipinski definition) is 4. The molecule has 0 aliphatic carbocycles. The minimum Gasteiger partial charge on any atom is -0.397 e. The van der Waals surface area contributed by atoms with E-state index in [1.807, 2.05) is 32.8 Å². The molecule has 39 heavy (non-hydrogen) atoms. The molecule has 9 nitrogen and oxygen atoms in total. The lowest BCUT2D eigenvalue weighted by Gasteiger charge is -2.19. The number of carbonyl (C=O) groups is 1. The van der Waals surface area contributed by atoms with Crippen LogP contribution in [0.15, 0.2) is 48.8 Å². The third kappa shape index (κ3) is 7.74. The molecule has 0 atom stereocenters. The first-order valence-electron chi connectivity index (χ1n) is 12.3. The number of nitrogens with zero attached hydrogens (tertiary/aromatic N) is 4. The van der Waals surface area contributed by atoms with E-state index in [1.165, 1.54) is 17.3 Å². The second kappa shape index (κ2) is 12.2. The first-order chi connectivity index (χ1) is 18.3. The molecule has 0 unspecified atom stereocenters. The Morgan fingerprint density at radius 1 is 1.13 bits per heavy atom. The molecule has 0 radical (unpaired) electrons. The molecular weight excluding hydrogens is 509 g/mol. The van der Waals surface area contributed by atoms with Gasteiger partial charge in [0.1, 0.15) is 0 Å². The van der Waals surface area contributed by atoms with E-state index >= 15 is 0 Å². The normalized spacial score (nSPS) is 12.1. The Balaban J connectivity index is 1.83. The zero-order valence-electron chi connectivity index (χ0n) is 22.7. The van der Waals surface area contributed by atoms with Crippen molar-refractivity contribution in [2.45, 2.75) is 26.4 Å². The Bertz CT molecular complexity index is 1350. The molecule has 0 spiro atoms. The van der Waals surface area contributed by atoms with Gasteiger partial charge in [-0.2, -0.15) is 18.3 Å². The summed E-state index contributed by atoms with van der Waals surface area (Å²) in [6.07, 6.45) is -0.677. The molecule has 0 saturated heterocycles. The number of anilines is 3. The van der Waals surface area contributed by atoms with E-state index in [9.17, 15) is 18.0 Å². The Morgan fingerprint density at radius 3 is 2.44 bits per heavy atom. The molecule has 0 saturated carbocycles. The van der Waals surface area contributed by atoms with Gasteiger partial charge >= 0.3 is 6.18 Å². The van der Waals surface area contributed by atoms with E-state index in [0.29, 0.717) is 17.9 Å². The average molecular weight is 545 g/mol. The molecule has 2 aromatic carbocycles. The molecule has 1 heterocycles. The predicted molar refractivity (Wildman–Crippen MR) is 149 cm³/mol. The van der Waals surface area contributed by atoms with Crippen LogP contribution in [-0.4, -0.2) is 47.8 Å². The van der Waals surface area contributed by atoms with Gasteiger partial charge in [0.25, 0.3) is 5.91 Å². The summed E-state index contributed by atoms with van der Waals surface area (Å²) in [4.78, 5) is 15.1. The minimum atomic E-state index is -4.57. The van der Waals surface area contributed by atoms with Gasteiger partial charge < -0.3 is 21.3 Å². The van der Waals surface area contributed by atoms with Gasteiger partial charge in [-0.1, -0.05) is 6.07 Å². The van der Waals surface area contributed by atoms with Crippen molar-refractivity contribution in [1.82, 2.24) is 14.7 Å². The van der Waals surface area contributed by atoms with E-state index in [2.05, 4.69) is 15.7 Å². The lowest BCUT2D eigenvalue weighted by atomic mass is 10.1. The maximum Gasteiger partial charge on any atom is 0.416 e. The highest BCUT2D eigenvalue weighted by atomic mass is 19.4. The van der Waals surface area contributed by atoms with Crippen molar-refractivity contribution in [3.8, 4) is 0 Å². The molecular formula is C27H35F3N8O. The maximum absolute atomic E-state index is 13.6. The van der Waals surface area contributed by atoms with Crippen LogP contribution in [0.2, 0.25) is 0 Å². The van der Waals surface area contributed by atoms with Crippen molar-refractivity contribution >= 4 is 28.7 Å². The van der Waals surface area contributed by atoms with Gasteiger partial charge in [0.2, 0.25) is 0 Å². The predicted octanol–water partition coefficient (Wildman–Crippen LogP) is 4.31. The number of aryl methyl sites for hydroxylation is 2. The summed E-state index contributed by atoms with van der Waals surface area (Å²) < 4.78 is 42.3. The van der Waals surface area contributed by atoms with Gasteiger partial charge in [0, 0.05) is 48.0 Å². The molecule has 0 aliphatic heterocycles. The van der Waals surface area contributed by atoms with Crippen LogP contribution in [0.4, 0.5) is 30.2 Å². The van der Waals surface area contributed by atoms with Crippen molar-refractivity contribution in [2.75, 3.05) is 42.8 Å². The molecule has 0 fully saturated rings. The Kier molecular flexibility index (Phi) is 9.25. The third-order valence-electron chi connectivity index (χ3n) is 6.20. The first-order valence-corrected chi connectivity index (χ1v) is 12.3. The second-order valence-corrected chi connectivity index (χ2v) is 9.59. The number of hydrazine groups is 1. The molecule has 210 valence electrons. The van der Waals surface area contributed by atoms with Gasteiger partial charge in [0.05, 0.1) is 23.1 Å². The lowest BCUT2D eigenvalue weighted by molar-refractivity contribution is -0.137. The third-order valence-corrected chi connectivity index (χ3v) is 6.20. The van der Waals surface area contributed by atoms with Crippen LogP contribution in [-0.2, 0) is 13.2 Å². The molecule has 1 aromatic heterocycles. The summed E-state index contributed by atoms with van der Waals surface area (Å²) in [5.41, 5.74) is 9.09. The molecule has 6 N–H and O–H groups in total. The average Bonchev–Trinajstić information content (AvgIpc) is 3.19. The summed E-state index contributed by atoms with van der Waals surface area (Å²) >= 11 is 0. The van der Waals surface area contributed by atoms with E-state index in [1.54, 1.807) is 36.1 Å². The summed E-state index contributed by atoms with van der Waals surface area (Å²) in [5, 5.41) is 11.1. The van der Waals surface area contributed by atoms with Crippen LogP contribution in [0.1, 0.15) is 39.2 Å². The van der Waals surface area contributed by atoms with Crippen LogP contribution >= 0.6 is 0 Å². The number of nitrogens with two attached hydrogens (primary N) is 2. The topological polar surface area (TPSA) is 117 Å². The summed E-state index contributed by atoms with van der Waals surface area (Å²) in [5.74, 6) is 5.68. The first kappa shape index (κ1) is 29.5. The summed E-state index contributed by atoms with van der Waals surface area (Å²) in [6, 6.07) is 8.25. The van der Waals surface area contributed by atoms with Crippen molar-refractivity contribution < 1.29 is 18.0 Å². The Hall–Kier alpha value is -4.03. The number of nitrogens with one attached hydrogen (secondary N) is 2. The van der Waals surface area contributed by atoms with E-state index < -0.39 is 17.6 Å². The molecule has 0 bridgehead atoms. The lowest BCUT2D eigenvalue weighted by Crippen LogP contribution is -2.27. The van der Waals surface area contributed by atoms with E-state index in [-0.39, 0.29) is 16.9 Å². The zero-order chi connectivity index (χ0) is 28.9. The maximum atomic E-state index is 13.6. The minimum absolute atomic E-state index is 0.0212. The van der Waals surface area contributed by atoms with Crippen LogP contribution < -0.4 is 27.2 Å². The zero-order valence-corrected chi connectivity index (χ0v) is 22.7. The number of benzene rings is 2. The summed E-state index contributed by atoms with van der Waals surface area (Å²) in [7, 11) is 5.64. The number of hydrogen-bond acceptors (Lipinski definition) is 7. The smallest absolute Gasteiger partial charge is 0.397 e. The summed E-state index contributed by atoms with van der Waals surface area (Å²) in [6.45, 7) is 4.96. The quantitative estimate of drug-likeness (QED) is 0.171. The number of halogens is 3. The standard InChI is InChI=1S/C27H35F3N8O/c1-17-7-8-19(11-25(17)38(32)16-24(31)23-15-34-37(5)18(23)2)26(39)35-22-13-20(27(28,29)30)12-21(14-22)33-9-6-10-36(3)4/h7-8,11-16,33H,6,9-10,31-32H2,1-5H3,(H,35,39)/b24-16-. The van der Waals surface area contributed by atoms with Gasteiger partial charge in [-0.15, -0.1) is 0 Å². The van der Waals surface area contributed by atoms with Crippen molar-refractivity contribution in [1.29, 1.82) is 0 Å². The van der Waals surface area contributed by atoms with Crippen LogP contribution in [0.5, 0.6) is 0 Å². The second-order valence-electron chi connectivity index (χ2n) is 9.59. The molecule has 0 aliphatic rings. The highest BCUT2D eigenvalue weighted by molar-refractivity contribution is 6.05. The number of amides is 1. The van der Waals surface area contributed by atoms with Crippen LogP contribution in [0, 0.1) is 13.8 Å². The number of alkyl halides is 3. The highest BCUT2D eigenvalue weighted by Crippen LogP contribution is 2.34. The molecule has 3 rings (SSSR count). The monoisotopic (exact) mass is 544 g/mol. The van der Waals surface area contributed by atoms with Crippen molar-refractivity contribution in [2.24, 2.45) is 18.6 Å². The van der Waals surface area contributed by atoms with E-state index in [4.69, 9.17) is 11.6 Å². The Morgan fingerprint density at radius 2 is 1.82 bits per heavy atom. The fraction of sp³-hybridized carbons (Fsp3) is 0.333. The fourth-order valence-corrected chi connectivity index (χ4v) is 3.90. The molecule has 1 amide bonds.